The molecule has 3 aliphatic rings. The lowest BCUT2D eigenvalue weighted by atomic mass is 9.86. The summed E-state index contributed by atoms with van der Waals surface area (Å²) in [5, 5.41) is 13.0. The zero-order chi connectivity index (χ0) is 28.8. The number of halogens is 4. The number of likely N-dealkylation sites (tertiary alicyclic amines) is 1. The number of hydrogen-bond acceptors (Lipinski definition) is 7. The zero-order valence-corrected chi connectivity index (χ0v) is 22.9. The van der Waals surface area contributed by atoms with Crippen molar-refractivity contribution in [2.75, 3.05) is 20.2 Å². The van der Waals surface area contributed by atoms with Gasteiger partial charge in [-0.1, -0.05) is 24.8 Å². The maximum atomic E-state index is 15.0. The van der Waals surface area contributed by atoms with E-state index in [0.29, 0.717) is 27.6 Å². The lowest BCUT2D eigenvalue weighted by Gasteiger charge is -2.40. The molecule has 0 aliphatic carbocycles. The number of aliphatic hydroxyl groups excluding tert-OH is 1. The van der Waals surface area contributed by atoms with E-state index in [4.69, 9.17) is 4.84 Å². The summed E-state index contributed by atoms with van der Waals surface area (Å²) in [5.41, 5.74) is 1.47. The number of piperidine rings is 1. The maximum Gasteiger partial charge on any atom is 0.586 e. The number of carbonyl (C=O) groups is 1. The number of ether oxygens (including phenoxy) is 2. The number of amides is 1. The lowest BCUT2D eigenvalue weighted by molar-refractivity contribution is -0.891. The van der Waals surface area contributed by atoms with Crippen LogP contribution in [0.5, 0.6) is 11.5 Å². The fourth-order valence-electron chi connectivity index (χ4n) is 5.20. The predicted octanol–water partition coefficient (Wildman–Crippen LogP) is 3.92. The molecule has 2 N–H and O–H groups in total. The van der Waals surface area contributed by atoms with Crippen LogP contribution in [0, 0.1) is 0 Å². The number of rotatable bonds is 6. The lowest BCUT2D eigenvalue weighted by Crippen LogP contribution is -2.53. The van der Waals surface area contributed by atoms with Gasteiger partial charge in [-0.25, -0.2) is 8.78 Å². The second kappa shape index (κ2) is 10.7. The molecule has 1 fully saturated rings. The summed E-state index contributed by atoms with van der Waals surface area (Å²) >= 11 is 1.22. The first kappa shape index (κ1) is 28.5. The Bertz CT molecular complexity index is 1340. The fourth-order valence-corrected chi connectivity index (χ4v) is 6.31. The first-order valence-electron chi connectivity index (χ1n) is 12.8. The SMILES string of the molecule is CO[n+]1ccc(C2CN(C(C)C(=O)NC3=CCC(C)c4cc5c(cc4S3)OC(F)(F)O5)CCC2(F)F)cc1CO. The Balaban J connectivity index is 1.30. The van der Waals surface area contributed by atoms with Gasteiger partial charge in [0.1, 0.15) is 13.7 Å². The van der Waals surface area contributed by atoms with Crippen LogP contribution in [0.1, 0.15) is 55.3 Å². The number of pyridine rings is 1. The summed E-state index contributed by atoms with van der Waals surface area (Å²) in [6.07, 6.45) is -0.274. The summed E-state index contributed by atoms with van der Waals surface area (Å²) in [6, 6.07) is 5.32. The van der Waals surface area contributed by atoms with E-state index >= 15 is 8.78 Å². The topological polar surface area (TPSA) is 84.1 Å². The molecule has 1 aromatic carbocycles. The molecule has 1 aromatic heterocycles. The van der Waals surface area contributed by atoms with Crippen LogP contribution in [0.3, 0.4) is 0 Å². The van der Waals surface area contributed by atoms with Crippen LogP contribution in [-0.2, 0) is 11.4 Å². The normalized spacial score (nSPS) is 23.9. The number of allylic oxidation sites excluding steroid dienone is 1. The van der Waals surface area contributed by atoms with E-state index < -0.39 is 30.6 Å². The van der Waals surface area contributed by atoms with Gasteiger partial charge in [0.25, 0.3) is 11.6 Å². The van der Waals surface area contributed by atoms with Crippen molar-refractivity contribution in [1.29, 1.82) is 0 Å². The number of aliphatic hydroxyl groups is 1. The smallest absolute Gasteiger partial charge is 0.395 e. The van der Waals surface area contributed by atoms with Gasteiger partial charge >= 0.3 is 6.29 Å². The highest BCUT2D eigenvalue weighted by Gasteiger charge is 2.47. The minimum absolute atomic E-state index is 0.0274. The Labute approximate surface area is 232 Å². The van der Waals surface area contributed by atoms with Gasteiger partial charge in [0.15, 0.2) is 11.5 Å². The summed E-state index contributed by atoms with van der Waals surface area (Å²) in [6.45, 7) is 3.18. The van der Waals surface area contributed by atoms with Crippen molar-refractivity contribution in [2.24, 2.45) is 0 Å². The number of hydrogen-bond donors (Lipinski definition) is 2. The molecular weight excluding hydrogens is 554 g/mol. The number of thioether (sulfide) groups is 1. The third kappa shape index (κ3) is 5.59. The van der Waals surface area contributed by atoms with E-state index in [1.165, 1.54) is 48.0 Å². The molecule has 0 spiro atoms. The average molecular weight is 585 g/mol. The number of carbonyl (C=O) groups excluding carboxylic acids is 1. The van der Waals surface area contributed by atoms with Crippen molar-refractivity contribution in [1.82, 2.24) is 10.2 Å². The van der Waals surface area contributed by atoms with Crippen LogP contribution in [0.15, 0.2) is 46.5 Å². The molecule has 0 saturated carbocycles. The van der Waals surface area contributed by atoms with Crippen LogP contribution in [-0.4, -0.2) is 54.4 Å². The molecular formula is C27H30F4N3O5S+. The minimum atomic E-state index is -3.73. The van der Waals surface area contributed by atoms with Gasteiger partial charge < -0.3 is 19.9 Å². The predicted molar refractivity (Wildman–Crippen MR) is 136 cm³/mol. The number of alkyl halides is 4. The standard InChI is InChI=1S/C27H29F4N3O5S/c1-15-4-5-24(40-23-12-22-21(11-19(15)23)38-27(30,31)39-22)32-25(36)16(2)33-9-7-26(28,29)20(13-33)17-6-8-34(37-3)18(10-17)14-35/h5-6,8,10-12,15-16,20,35H,4,7,9,13-14H2,1-3H3/p+1. The van der Waals surface area contributed by atoms with E-state index in [1.807, 2.05) is 13.0 Å². The van der Waals surface area contributed by atoms with Crippen molar-refractivity contribution >= 4 is 17.7 Å². The van der Waals surface area contributed by atoms with Crippen molar-refractivity contribution in [3.63, 3.8) is 0 Å². The number of fused-ring (bicyclic) bond motifs is 2. The first-order valence-corrected chi connectivity index (χ1v) is 13.7. The molecule has 3 atom stereocenters. The van der Waals surface area contributed by atoms with E-state index in [0.717, 1.165) is 5.56 Å². The van der Waals surface area contributed by atoms with Crippen molar-refractivity contribution in [3.05, 3.63) is 58.4 Å². The maximum absolute atomic E-state index is 15.0. The Morgan fingerprint density at radius 2 is 2.00 bits per heavy atom. The van der Waals surface area contributed by atoms with Gasteiger partial charge in [-0.15, -0.1) is 8.78 Å². The van der Waals surface area contributed by atoms with Crippen molar-refractivity contribution in [3.8, 4) is 11.5 Å². The molecule has 1 saturated heterocycles. The van der Waals surface area contributed by atoms with Crippen molar-refractivity contribution in [2.45, 2.75) is 68.3 Å². The highest BCUT2D eigenvalue weighted by molar-refractivity contribution is 8.03. The summed E-state index contributed by atoms with van der Waals surface area (Å²) < 4.78 is 67.7. The molecule has 2 aromatic rings. The number of aromatic nitrogens is 1. The molecule has 5 rings (SSSR count). The van der Waals surface area contributed by atoms with E-state index in [2.05, 4.69) is 14.8 Å². The summed E-state index contributed by atoms with van der Waals surface area (Å²) in [4.78, 5) is 20.8. The Morgan fingerprint density at radius 1 is 1.27 bits per heavy atom. The Morgan fingerprint density at radius 3 is 2.70 bits per heavy atom. The highest BCUT2D eigenvalue weighted by Crippen LogP contribution is 2.48. The van der Waals surface area contributed by atoms with Gasteiger partial charge in [0.2, 0.25) is 12.1 Å². The molecule has 13 heteroatoms. The molecule has 3 unspecified atom stereocenters. The molecule has 1 amide bonds. The summed E-state index contributed by atoms with van der Waals surface area (Å²) in [5.74, 6) is -4.70. The molecule has 216 valence electrons. The van der Waals surface area contributed by atoms with Crippen LogP contribution in [0.4, 0.5) is 17.6 Å². The van der Waals surface area contributed by atoms with Gasteiger partial charge in [-0.3, -0.25) is 14.5 Å². The van der Waals surface area contributed by atoms with Crippen LogP contribution < -0.4 is 24.4 Å². The van der Waals surface area contributed by atoms with E-state index in [-0.39, 0.29) is 43.0 Å². The molecule has 3 aliphatic heterocycles. The van der Waals surface area contributed by atoms with Gasteiger partial charge in [-0.05, 0) is 42.5 Å². The Kier molecular flexibility index (Phi) is 7.66. The average Bonchev–Trinajstić information content (AvgIpc) is 3.14. The first-order chi connectivity index (χ1) is 18.9. The molecule has 0 bridgehead atoms. The number of nitrogens with zero attached hydrogens (tertiary/aromatic N) is 2. The largest absolute Gasteiger partial charge is 0.586 e. The van der Waals surface area contributed by atoms with E-state index in [9.17, 15) is 18.7 Å². The third-order valence-corrected chi connectivity index (χ3v) is 8.62. The minimum Gasteiger partial charge on any atom is -0.395 e. The van der Waals surface area contributed by atoms with Crippen molar-refractivity contribution < 1.29 is 46.5 Å². The van der Waals surface area contributed by atoms with Gasteiger partial charge in [-0.2, -0.15) is 0 Å². The van der Waals surface area contributed by atoms with Crippen LogP contribution >= 0.6 is 11.8 Å². The molecule has 8 nitrogen and oxygen atoms in total. The molecule has 4 heterocycles. The second-order valence-corrected chi connectivity index (χ2v) is 11.2. The van der Waals surface area contributed by atoms with Crippen LogP contribution in [0.25, 0.3) is 0 Å². The molecule has 0 radical (unpaired) electrons. The third-order valence-electron chi connectivity index (χ3n) is 7.55. The number of benzene rings is 1. The fraction of sp³-hybridized carbons (Fsp3) is 0.481. The Hall–Kier alpha value is -3.03. The van der Waals surface area contributed by atoms with Gasteiger partial charge in [0, 0.05) is 41.3 Å². The monoisotopic (exact) mass is 584 g/mol. The second-order valence-electron chi connectivity index (χ2n) is 10.2. The highest BCUT2D eigenvalue weighted by atomic mass is 32.2. The number of nitrogens with one attached hydrogen (secondary N) is 1. The van der Waals surface area contributed by atoms with Gasteiger partial charge in [0.05, 0.1) is 17.0 Å². The molecule has 40 heavy (non-hydrogen) atoms. The zero-order valence-electron chi connectivity index (χ0n) is 22.1. The summed E-state index contributed by atoms with van der Waals surface area (Å²) in [7, 11) is 1.41. The quantitative estimate of drug-likeness (QED) is 0.394. The van der Waals surface area contributed by atoms with E-state index in [1.54, 1.807) is 17.9 Å². The van der Waals surface area contributed by atoms with Crippen LogP contribution in [0.2, 0.25) is 0 Å².